The third kappa shape index (κ3) is 4.24. The quantitative estimate of drug-likeness (QED) is 0.373. The van der Waals surface area contributed by atoms with Crippen LogP contribution < -0.4 is 0 Å². The number of benzene rings is 4. The Balaban J connectivity index is 0.000000271. The molecule has 4 aromatic carbocycles. The Morgan fingerprint density at radius 2 is 0.821 bits per heavy atom. The smallest absolute Gasteiger partial charge is 0.124 e. The van der Waals surface area contributed by atoms with Crippen LogP contribution in [0.5, 0.6) is 23.0 Å². The Labute approximate surface area is 163 Å². The van der Waals surface area contributed by atoms with Crippen molar-refractivity contribution in [3.63, 3.8) is 0 Å². The van der Waals surface area contributed by atoms with Gasteiger partial charge in [0.1, 0.15) is 23.0 Å². The lowest BCUT2D eigenvalue weighted by Gasteiger charge is -2.14. The second-order valence-electron chi connectivity index (χ2n) is 6.07. The Kier molecular flexibility index (Phi) is 5.82. The lowest BCUT2D eigenvalue weighted by Crippen LogP contribution is -1.87. The summed E-state index contributed by atoms with van der Waals surface area (Å²) < 4.78 is 0. The molecule has 4 nitrogen and oxygen atoms in total. The average Bonchev–Trinajstić information content (AvgIpc) is 2.70. The van der Waals surface area contributed by atoms with Crippen LogP contribution >= 0.6 is 0 Å². The van der Waals surface area contributed by atoms with Crippen molar-refractivity contribution in [2.45, 2.75) is 0 Å². The van der Waals surface area contributed by atoms with Crippen molar-refractivity contribution in [2.75, 3.05) is 0 Å². The molecule has 0 saturated carbocycles. The summed E-state index contributed by atoms with van der Waals surface area (Å²) >= 11 is 0. The maximum Gasteiger partial charge on any atom is 0.124 e. The van der Waals surface area contributed by atoms with Crippen LogP contribution in [0.25, 0.3) is 22.3 Å². The van der Waals surface area contributed by atoms with Crippen molar-refractivity contribution in [3.8, 4) is 45.3 Å². The fourth-order valence-corrected chi connectivity index (χ4v) is 2.86. The van der Waals surface area contributed by atoms with Crippen LogP contribution in [0.4, 0.5) is 0 Å². The van der Waals surface area contributed by atoms with E-state index < -0.39 is 0 Å². The summed E-state index contributed by atoms with van der Waals surface area (Å²) in [6.07, 6.45) is 0. The number of phenols is 4. The zero-order chi connectivity index (χ0) is 19.9. The molecule has 0 fully saturated rings. The van der Waals surface area contributed by atoms with Gasteiger partial charge in [-0.25, -0.2) is 0 Å². The molecule has 0 bridgehead atoms. The topological polar surface area (TPSA) is 80.9 Å². The van der Waals surface area contributed by atoms with E-state index in [0.717, 1.165) is 0 Å². The monoisotopic (exact) mass is 372 g/mol. The Morgan fingerprint density at radius 3 is 1.36 bits per heavy atom. The minimum Gasteiger partial charge on any atom is -0.508 e. The number of hydrogen-bond acceptors (Lipinski definition) is 4. The molecule has 0 spiro atoms. The van der Waals surface area contributed by atoms with Crippen LogP contribution in [0.15, 0.2) is 97.1 Å². The summed E-state index contributed by atoms with van der Waals surface area (Å²) in [5.74, 6) is 0.579. The molecule has 0 aliphatic heterocycles. The molecule has 4 heteroatoms. The molecule has 0 atom stereocenters. The third-order valence-corrected chi connectivity index (χ3v) is 4.17. The van der Waals surface area contributed by atoms with E-state index in [-0.39, 0.29) is 17.2 Å². The lowest BCUT2D eigenvalue weighted by atomic mass is 9.93. The predicted octanol–water partition coefficient (Wildman–Crippen LogP) is 5.53. The summed E-state index contributed by atoms with van der Waals surface area (Å²) in [6.45, 7) is 0. The normalized spacial score (nSPS) is 10.0. The molecule has 140 valence electrons. The van der Waals surface area contributed by atoms with Gasteiger partial charge in [0.15, 0.2) is 0 Å². The van der Waals surface area contributed by atoms with Crippen molar-refractivity contribution < 1.29 is 20.4 Å². The first-order valence-electron chi connectivity index (χ1n) is 8.70. The highest BCUT2D eigenvalue weighted by molar-refractivity contribution is 5.91. The van der Waals surface area contributed by atoms with Crippen molar-refractivity contribution in [1.29, 1.82) is 0 Å². The van der Waals surface area contributed by atoms with Crippen molar-refractivity contribution in [2.24, 2.45) is 0 Å². The molecule has 0 unspecified atom stereocenters. The van der Waals surface area contributed by atoms with Gasteiger partial charge in [-0.1, -0.05) is 66.7 Å². The van der Waals surface area contributed by atoms with Gasteiger partial charge in [0.2, 0.25) is 0 Å². The highest BCUT2D eigenvalue weighted by Crippen LogP contribution is 2.44. The third-order valence-electron chi connectivity index (χ3n) is 4.17. The molecular formula is C24H20O4. The minimum atomic E-state index is 0.0530. The van der Waals surface area contributed by atoms with E-state index in [2.05, 4.69) is 0 Å². The molecule has 4 aromatic rings. The molecule has 0 aliphatic carbocycles. The van der Waals surface area contributed by atoms with E-state index in [1.165, 1.54) is 0 Å². The Bertz CT molecular complexity index is 1060. The zero-order valence-electron chi connectivity index (χ0n) is 15.0. The second kappa shape index (κ2) is 8.64. The fraction of sp³-hybridized carbons (Fsp3) is 0. The highest BCUT2D eigenvalue weighted by Gasteiger charge is 2.16. The molecular weight excluding hydrogens is 352 g/mol. The van der Waals surface area contributed by atoms with Gasteiger partial charge in [0, 0.05) is 16.7 Å². The van der Waals surface area contributed by atoms with Crippen LogP contribution in [-0.2, 0) is 0 Å². The molecule has 0 aromatic heterocycles. The van der Waals surface area contributed by atoms with Gasteiger partial charge in [-0.15, -0.1) is 0 Å². The predicted molar refractivity (Wildman–Crippen MR) is 110 cm³/mol. The SMILES string of the molecule is Oc1ccccc1.Oc1ccccc1-c1cccc(O)c1-c1ccccc1O. The number of aromatic hydroxyl groups is 4. The Morgan fingerprint density at radius 1 is 0.357 bits per heavy atom. The van der Waals surface area contributed by atoms with Crippen LogP contribution in [0.2, 0.25) is 0 Å². The minimum absolute atomic E-state index is 0.0530. The van der Waals surface area contributed by atoms with Crippen LogP contribution in [0, 0.1) is 0 Å². The first-order chi connectivity index (χ1) is 13.6. The summed E-state index contributed by atoms with van der Waals surface area (Å²) in [7, 11) is 0. The molecule has 28 heavy (non-hydrogen) atoms. The van der Waals surface area contributed by atoms with Gasteiger partial charge < -0.3 is 20.4 Å². The van der Waals surface area contributed by atoms with Gasteiger partial charge >= 0.3 is 0 Å². The summed E-state index contributed by atoms with van der Waals surface area (Å²) in [6, 6.07) is 27.5. The highest BCUT2D eigenvalue weighted by atomic mass is 16.3. The van der Waals surface area contributed by atoms with Crippen LogP contribution in [-0.4, -0.2) is 20.4 Å². The molecule has 4 rings (SSSR count). The van der Waals surface area contributed by atoms with Gasteiger partial charge in [-0.3, -0.25) is 0 Å². The summed E-state index contributed by atoms with van der Waals surface area (Å²) in [5, 5.41) is 39.0. The molecule has 0 heterocycles. The van der Waals surface area contributed by atoms with Crippen molar-refractivity contribution in [3.05, 3.63) is 97.1 Å². The number of hydrogen-bond donors (Lipinski definition) is 4. The molecule has 0 saturated heterocycles. The molecule has 0 aliphatic rings. The molecule has 0 radical (unpaired) electrons. The van der Waals surface area contributed by atoms with E-state index in [9.17, 15) is 15.3 Å². The first-order valence-corrected chi connectivity index (χ1v) is 8.70. The zero-order valence-corrected chi connectivity index (χ0v) is 15.0. The van der Waals surface area contributed by atoms with E-state index in [1.54, 1.807) is 84.9 Å². The fourth-order valence-electron chi connectivity index (χ4n) is 2.86. The second-order valence-corrected chi connectivity index (χ2v) is 6.07. The van der Waals surface area contributed by atoms with Crippen LogP contribution in [0.1, 0.15) is 0 Å². The van der Waals surface area contributed by atoms with E-state index in [1.807, 2.05) is 12.1 Å². The number of rotatable bonds is 2. The van der Waals surface area contributed by atoms with E-state index in [0.29, 0.717) is 28.0 Å². The summed E-state index contributed by atoms with van der Waals surface area (Å²) in [4.78, 5) is 0. The van der Waals surface area contributed by atoms with Gasteiger partial charge in [0.25, 0.3) is 0 Å². The maximum absolute atomic E-state index is 10.2. The van der Waals surface area contributed by atoms with E-state index >= 15 is 0 Å². The maximum atomic E-state index is 10.2. The largest absolute Gasteiger partial charge is 0.508 e. The first kappa shape index (κ1) is 18.9. The average molecular weight is 372 g/mol. The Hall–Kier alpha value is -3.92. The number of phenolic OH excluding ortho intramolecular Hbond substituents is 4. The van der Waals surface area contributed by atoms with Crippen LogP contribution in [0.3, 0.4) is 0 Å². The standard InChI is InChI=1S/C18H14O3.C6H6O/c19-15-9-3-1-6-12(15)13-8-5-11-17(21)18(13)14-7-2-4-10-16(14)20;7-6-4-2-1-3-5-6/h1-11,19-21H;1-5,7H. The summed E-state index contributed by atoms with van der Waals surface area (Å²) in [5.41, 5.74) is 2.28. The van der Waals surface area contributed by atoms with Gasteiger partial charge in [-0.05, 0) is 35.9 Å². The molecule has 4 N–H and O–H groups in total. The lowest BCUT2D eigenvalue weighted by molar-refractivity contribution is 0.469. The van der Waals surface area contributed by atoms with Crippen molar-refractivity contribution in [1.82, 2.24) is 0 Å². The van der Waals surface area contributed by atoms with Crippen molar-refractivity contribution >= 4 is 0 Å². The van der Waals surface area contributed by atoms with E-state index in [4.69, 9.17) is 5.11 Å². The molecule has 0 amide bonds. The van der Waals surface area contributed by atoms with Gasteiger partial charge in [0.05, 0.1) is 0 Å². The number of para-hydroxylation sites is 3. The van der Waals surface area contributed by atoms with Gasteiger partial charge in [-0.2, -0.15) is 0 Å².